The average Bonchev–Trinajstić information content (AvgIpc) is 2.86. The summed E-state index contributed by atoms with van der Waals surface area (Å²) in [5.74, 6) is 0.299. The van der Waals surface area contributed by atoms with Crippen molar-refractivity contribution in [2.24, 2.45) is 0 Å². The highest BCUT2D eigenvalue weighted by molar-refractivity contribution is 9.10. The lowest BCUT2D eigenvalue weighted by Gasteiger charge is -2.17. The number of hydrogen-bond acceptors (Lipinski definition) is 4. The van der Waals surface area contributed by atoms with Gasteiger partial charge in [-0.2, -0.15) is 0 Å². The number of halogens is 1. The Morgan fingerprint density at radius 3 is 2.80 bits per heavy atom. The van der Waals surface area contributed by atoms with Gasteiger partial charge in [-0.1, -0.05) is 6.07 Å². The number of furan rings is 1. The Balaban J connectivity index is 2.14. The second-order valence-electron chi connectivity index (χ2n) is 4.28. The number of rotatable bonds is 4. The maximum Gasteiger partial charge on any atom is 0.258 e. The van der Waals surface area contributed by atoms with Gasteiger partial charge in [-0.15, -0.1) is 0 Å². The molecule has 0 saturated heterocycles. The normalized spacial score (nSPS) is 10.3. The Morgan fingerprint density at radius 2 is 2.20 bits per heavy atom. The molecule has 0 aliphatic rings. The summed E-state index contributed by atoms with van der Waals surface area (Å²) in [4.78, 5) is 13.8. The Kier molecular flexibility index (Phi) is 4.34. The molecule has 20 heavy (non-hydrogen) atoms. The van der Waals surface area contributed by atoms with E-state index in [0.29, 0.717) is 22.5 Å². The van der Waals surface area contributed by atoms with Gasteiger partial charge >= 0.3 is 0 Å². The third-order valence-corrected chi connectivity index (χ3v) is 3.47. The molecule has 0 radical (unpaired) electrons. The minimum atomic E-state index is -0.155. The highest BCUT2D eigenvalue weighted by atomic mass is 79.9. The number of phenolic OH excluding ortho intramolecular Hbond substituents is 1. The van der Waals surface area contributed by atoms with Gasteiger partial charge in [0.1, 0.15) is 0 Å². The monoisotopic (exact) mass is 339 g/mol. The van der Waals surface area contributed by atoms with Gasteiger partial charge in [0.05, 0.1) is 18.9 Å². The smallest absolute Gasteiger partial charge is 0.258 e. The summed E-state index contributed by atoms with van der Waals surface area (Å²) in [7, 11) is 3.18. The van der Waals surface area contributed by atoms with Crippen LogP contribution in [0.1, 0.15) is 15.9 Å². The van der Waals surface area contributed by atoms with Crippen LogP contribution in [0.4, 0.5) is 0 Å². The molecule has 1 aromatic heterocycles. The molecule has 0 saturated carbocycles. The number of nitrogens with zero attached hydrogens (tertiary/aromatic N) is 1. The molecule has 1 amide bonds. The fraction of sp³-hybridized carbons (Fsp3) is 0.214. The first-order valence-electron chi connectivity index (χ1n) is 5.87. The molecular formula is C14H14BrNO4. The van der Waals surface area contributed by atoms with Crippen molar-refractivity contribution in [2.45, 2.75) is 6.54 Å². The lowest BCUT2D eigenvalue weighted by Crippen LogP contribution is -2.26. The summed E-state index contributed by atoms with van der Waals surface area (Å²) >= 11 is 3.19. The molecule has 0 aliphatic carbocycles. The van der Waals surface area contributed by atoms with E-state index in [1.807, 2.05) is 0 Å². The van der Waals surface area contributed by atoms with Crippen LogP contribution in [-0.2, 0) is 6.54 Å². The van der Waals surface area contributed by atoms with Crippen molar-refractivity contribution in [3.05, 3.63) is 46.3 Å². The zero-order chi connectivity index (χ0) is 14.7. The van der Waals surface area contributed by atoms with Crippen LogP contribution in [0.2, 0.25) is 0 Å². The topological polar surface area (TPSA) is 62.9 Å². The second-order valence-corrected chi connectivity index (χ2v) is 5.00. The Hall–Kier alpha value is -1.95. The maximum absolute atomic E-state index is 12.2. The molecule has 0 bridgehead atoms. The van der Waals surface area contributed by atoms with Crippen LogP contribution in [-0.4, -0.2) is 30.1 Å². The van der Waals surface area contributed by atoms with E-state index in [-0.39, 0.29) is 11.7 Å². The van der Waals surface area contributed by atoms with Gasteiger partial charge in [-0.25, -0.2) is 0 Å². The van der Waals surface area contributed by atoms with E-state index in [1.54, 1.807) is 36.2 Å². The van der Waals surface area contributed by atoms with E-state index in [0.717, 1.165) is 5.56 Å². The summed E-state index contributed by atoms with van der Waals surface area (Å²) in [5, 5.41) is 9.54. The Labute approximate surface area is 124 Å². The predicted octanol–water partition coefficient (Wildman–Crippen LogP) is 3.03. The van der Waals surface area contributed by atoms with Crippen molar-refractivity contribution in [3.8, 4) is 11.5 Å². The number of amides is 1. The van der Waals surface area contributed by atoms with Gasteiger partial charge < -0.3 is 19.2 Å². The molecule has 6 heteroatoms. The van der Waals surface area contributed by atoms with E-state index in [1.165, 1.54) is 13.4 Å². The highest BCUT2D eigenvalue weighted by Gasteiger charge is 2.17. The molecule has 0 unspecified atom stereocenters. The fourth-order valence-electron chi connectivity index (χ4n) is 1.82. The van der Waals surface area contributed by atoms with Crippen molar-refractivity contribution < 1.29 is 19.1 Å². The Bertz CT molecular complexity index is 623. The molecule has 1 N–H and O–H groups in total. The summed E-state index contributed by atoms with van der Waals surface area (Å²) in [6.45, 7) is 0.396. The molecule has 0 aliphatic heterocycles. The highest BCUT2D eigenvalue weighted by Crippen LogP contribution is 2.27. The Morgan fingerprint density at radius 1 is 1.45 bits per heavy atom. The molecule has 0 spiro atoms. The van der Waals surface area contributed by atoms with Crippen LogP contribution < -0.4 is 4.74 Å². The molecule has 1 aromatic carbocycles. The summed E-state index contributed by atoms with van der Waals surface area (Å²) in [6.07, 6.45) is 1.45. The molecule has 2 aromatic rings. The third kappa shape index (κ3) is 2.96. The largest absolute Gasteiger partial charge is 0.504 e. The van der Waals surface area contributed by atoms with Crippen molar-refractivity contribution in [3.63, 3.8) is 0 Å². The molecule has 0 fully saturated rings. The standard InChI is InChI=1S/C14H14BrNO4/c1-16(14(18)10-5-6-20-13(10)15)8-9-3-4-11(17)12(7-9)19-2/h3-7,17H,8H2,1-2H3. The number of ether oxygens (including phenoxy) is 1. The van der Waals surface area contributed by atoms with Crippen LogP contribution in [0.25, 0.3) is 0 Å². The average molecular weight is 340 g/mol. The molecular weight excluding hydrogens is 326 g/mol. The number of hydrogen-bond donors (Lipinski definition) is 1. The first-order valence-corrected chi connectivity index (χ1v) is 6.66. The van der Waals surface area contributed by atoms with Crippen LogP contribution in [0.5, 0.6) is 11.5 Å². The number of benzene rings is 1. The minimum Gasteiger partial charge on any atom is -0.504 e. The van der Waals surface area contributed by atoms with Gasteiger partial charge in [0, 0.05) is 13.6 Å². The summed E-state index contributed by atoms with van der Waals surface area (Å²) in [6, 6.07) is 6.59. The van der Waals surface area contributed by atoms with E-state index in [4.69, 9.17) is 9.15 Å². The first-order chi connectivity index (χ1) is 9.52. The zero-order valence-electron chi connectivity index (χ0n) is 11.1. The SMILES string of the molecule is COc1cc(CN(C)C(=O)c2ccoc2Br)ccc1O. The van der Waals surface area contributed by atoms with Crippen molar-refractivity contribution in [2.75, 3.05) is 14.2 Å². The van der Waals surface area contributed by atoms with Gasteiger partial charge in [-0.3, -0.25) is 4.79 Å². The lowest BCUT2D eigenvalue weighted by molar-refractivity contribution is 0.0783. The van der Waals surface area contributed by atoms with Gasteiger partial charge in [0.25, 0.3) is 5.91 Å². The van der Waals surface area contributed by atoms with E-state index in [2.05, 4.69) is 15.9 Å². The molecule has 1 heterocycles. The molecule has 2 rings (SSSR count). The minimum absolute atomic E-state index is 0.0720. The number of aromatic hydroxyl groups is 1. The van der Waals surface area contributed by atoms with E-state index >= 15 is 0 Å². The number of carbonyl (C=O) groups excluding carboxylic acids is 1. The van der Waals surface area contributed by atoms with Crippen LogP contribution in [0.15, 0.2) is 39.6 Å². The van der Waals surface area contributed by atoms with Crippen LogP contribution >= 0.6 is 15.9 Å². The third-order valence-electron chi connectivity index (χ3n) is 2.86. The van der Waals surface area contributed by atoms with Crippen LogP contribution in [0.3, 0.4) is 0 Å². The lowest BCUT2D eigenvalue weighted by atomic mass is 10.2. The van der Waals surface area contributed by atoms with Crippen molar-refractivity contribution in [1.29, 1.82) is 0 Å². The quantitative estimate of drug-likeness (QED) is 0.929. The second kappa shape index (κ2) is 6.00. The van der Waals surface area contributed by atoms with Gasteiger partial charge in [0.2, 0.25) is 0 Å². The first kappa shape index (κ1) is 14.5. The van der Waals surface area contributed by atoms with E-state index in [9.17, 15) is 9.90 Å². The fourth-order valence-corrected chi connectivity index (χ4v) is 2.23. The van der Waals surface area contributed by atoms with E-state index < -0.39 is 0 Å². The summed E-state index contributed by atoms with van der Waals surface area (Å²) < 4.78 is 10.5. The predicted molar refractivity (Wildman–Crippen MR) is 76.9 cm³/mol. The van der Waals surface area contributed by atoms with Gasteiger partial charge in [0.15, 0.2) is 16.2 Å². The summed E-state index contributed by atoms with van der Waals surface area (Å²) in [5.41, 5.74) is 1.33. The number of methoxy groups -OCH3 is 1. The zero-order valence-corrected chi connectivity index (χ0v) is 12.7. The van der Waals surface area contributed by atoms with Crippen molar-refractivity contribution in [1.82, 2.24) is 4.90 Å². The number of phenols is 1. The van der Waals surface area contributed by atoms with Gasteiger partial charge in [-0.05, 0) is 39.7 Å². The molecule has 5 nitrogen and oxygen atoms in total. The maximum atomic E-state index is 12.2. The molecule has 106 valence electrons. The molecule has 0 atom stereocenters. The van der Waals surface area contributed by atoms with Crippen molar-refractivity contribution >= 4 is 21.8 Å². The number of carbonyl (C=O) groups is 1. The van der Waals surface area contributed by atoms with Crippen LogP contribution in [0, 0.1) is 0 Å².